The van der Waals surface area contributed by atoms with E-state index in [2.05, 4.69) is 5.32 Å². The van der Waals surface area contributed by atoms with Crippen molar-refractivity contribution in [2.24, 2.45) is 0 Å². The molecular weight excluding hydrogens is 414 g/mol. The second-order valence-electron chi connectivity index (χ2n) is 7.17. The van der Waals surface area contributed by atoms with Crippen molar-refractivity contribution in [1.29, 1.82) is 0 Å². The number of methoxy groups -OCH3 is 1. The molecule has 1 amide bonds. The normalized spacial score (nSPS) is 14.8. The Bertz CT molecular complexity index is 1330. The summed E-state index contributed by atoms with van der Waals surface area (Å²) in [6, 6.07) is 18.1. The smallest absolute Gasteiger partial charge is 0.351 e. The monoisotopic (exact) mass is 433 g/mol. The van der Waals surface area contributed by atoms with Gasteiger partial charge in [-0.25, -0.2) is 4.79 Å². The van der Waals surface area contributed by atoms with Crippen LogP contribution in [-0.2, 0) is 14.3 Å². The highest BCUT2D eigenvalue weighted by atomic mass is 16.6. The van der Waals surface area contributed by atoms with Crippen LogP contribution < -0.4 is 19.5 Å². The molecule has 3 aromatic carbocycles. The van der Waals surface area contributed by atoms with E-state index in [-0.39, 0.29) is 6.61 Å². The Morgan fingerprint density at radius 2 is 1.78 bits per heavy atom. The highest BCUT2D eigenvalue weighted by molar-refractivity contribution is 6.07. The number of furan rings is 1. The zero-order valence-electron chi connectivity index (χ0n) is 17.1. The van der Waals surface area contributed by atoms with Gasteiger partial charge in [-0.2, -0.15) is 0 Å². The lowest BCUT2D eigenvalue weighted by Gasteiger charge is -2.24. The van der Waals surface area contributed by atoms with E-state index in [4.69, 9.17) is 23.4 Å². The fourth-order valence-electron chi connectivity index (χ4n) is 3.57. The van der Waals surface area contributed by atoms with Crippen LogP contribution in [0.5, 0.6) is 17.2 Å². The fraction of sp³-hybridized carbons (Fsp3) is 0.167. The first-order chi connectivity index (χ1) is 15.6. The average Bonchev–Trinajstić information content (AvgIpc) is 3.19. The number of rotatable bonds is 5. The molecule has 1 atom stereocenters. The van der Waals surface area contributed by atoms with E-state index >= 15 is 0 Å². The summed E-state index contributed by atoms with van der Waals surface area (Å²) >= 11 is 0. The van der Waals surface area contributed by atoms with Gasteiger partial charge in [-0.3, -0.25) is 4.79 Å². The Morgan fingerprint density at radius 3 is 2.62 bits per heavy atom. The summed E-state index contributed by atoms with van der Waals surface area (Å²) < 4.78 is 27.5. The van der Waals surface area contributed by atoms with Gasteiger partial charge in [-0.05, 0) is 24.3 Å². The molecule has 0 bridgehead atoms. The summed E-state index contributed by atoms with van der Waals surface area (Å²) in [5.74, 6) is 0.263. The molecule has 0 radical (unpaired) electrons. The molecule has 0 fully saturated rings. The molecule has 0 saturated heterocycles. The standard InChI is InChI=1S/C24H19NO7/c1-28-21-10-15-14-6-2-3-7-17(14)31-20(15)11-16(21)25-23(26)13-30-24(27)22-12-29-18-8-4-5-9-19(18)32-22/h2-11,22H,12-13H2,1H3,(H,25,26). The lowest BCUT2D eigenvalue weighted by Crippen LogP contribution is -2.39. The minimum absolute atomic E-state index is 0.00795. The van der Waals surface area contributed by atoms with Crippen molar-refractivity contribution in [3.05, 3.63) is 60.7 Å². The summed E-state index contributed by atoms with van der Waals surface area (Å²) in [7, 11) is 1.51. The number of carbonyl (C=O) groups is 2. The van der Waals surface area contributed by atoms with Crippen LogP contribution in [0.3, 0.4) is 0 Å². The Labute approximate surface area is 182 Å². The van der Waals surface area contributed by atoms with Gasteiger partial charge in [0.05, 0.1) is 12.8 Å². The molecule has 2 heterocycles. The molecule has 1 unspecified atom stereocenters. The number of amides is 1. The molecule has 4 aromatic rings. The summed E-state index contributed by atoms with van der Waals surface area (Å²) in [6.45, 7) is -0.477. The molecule has 1 N–H and O–H groups in total. The zero-order chi connectivity index (χ0) is 22.1. The summed E-state index contributed by atoms with van der Waals surface area (Å²) in [6.07, 6.45) is -0.945. The first-order valence-corrected chi connectivity index (χ1v) is 9.96. The van der Waals surface area contributed by atoms with Crippen molar-refractivity contribution < 1.29 is 33.0 Å². The third kappa shape index (κ3) is 3.66. The van der Waals surface area contributed by atoms with E-state index in [9.17, 15) is 9.59 Å². The average molecular weight is 433 g/mol. The second-order valence-corrected chi connectivity index (χ2v) is 7.17. The predicted molar refractivity (Wildman–Crippen MR) is 116 cm³/mol. The number of hydrogen-bond acceptors (Lipinski definition) is 7. The maximum absolute atomic E-state index is 12.4. The SMILES string of the molecule is COc1cc2c(cc1NC(=O)COC(=O)C1COc3ccccc3O1)oc1ccccc12. The van der Waals surface area contributed by atoms with Crippen LogP contribution in [0, 0.1) is 0 Å². The summed E-state index contributed by atoms with van der Waals surface area (Å²) in [4.78, 5) is 24.7. The number of para-hydroxylation sites is 3. The largest absolute Gasteiger partial charge is 0.495 e. The van der Waals surface area contributed by atoms with Crippen LogP contribution in [0.15, 0.2) is 65.1 Å². The summed E-state index contributed by atoms with van der Waals surface area (Å²) in [5, 5.41) is 4.52. The van der Waals surface area contributed by atoms with Crippen LogP contribution in [0.1, 0.15) is 0 Å². The first kappa shape index (κ1) is 19.7. The molecule has 8 heteroatoms. The van der Waals surface area contributed by atoms with Gasteiger partial charge in [-0.1, -0.05) is 30.3 Å². The summed E-state index contributed by atoms with van der Waals surface area (Å²) in [5.41, 5.74) is 1.75. The van der Waals surface area contributed by atoms with E-state index in [0.717, 1.165) is 16.4 Å². The van der Waals surface area contributed by atoms with Crippen LogP contribution in [0.4, 0.5) is 5.69 Å². The van der Waals surface area contributed by atoms with Crippen LogP contribution >= 0.6 is 0 Å². The minimum atomic E-state index is -0.945. The Morgan fingerprint density at radius 1 is 1.00 bits per heavy atom. The van der Waals surface area contributed by atoms with Crippen molar-refractivity contribution in [2.45, 2.75) is 6.10 Å². The van der Waals surface area contributed by atoms with E-state index in [1.165, 1.54) is 7.11 Å². The van der Waals surface area contributed by atoms with Crippen molar-refractivity contribution in [3.8, 4) is 17.2 Å². The Kier molecular flexibility index (Phi) is 5.03. The number of esters is 1. The first-order valence-electron chi connectivity index (χ1n) is 9.96. The fourth-order valence-corrected chi connectivity index (χ4v) is 3.57. The number of fused-ring (bicyclic) bond motifs is 4. The number of hydrogen-bond donors (Lipinski definition) is 1. The van der Waals surface area contributed by atoms with E-state index in [1.807, 2.05) is 30.3 Å². The third-order valence-corrected chi connectivity index (χ3v) is 5.09. The van der Waals surface area contributed by atoms with Crippen molar-refractivity contribution in [3.63, 3.8) is 0 Å². The Balaban J connectivity index is 1.26. The van der Waals surface area contributed by atoms with E-state index in [0.29, 0.717) is 28.5 Å². The molecule has 0 spiro atoms. The molecule has 32 heavy (non-hydrogen) atoms. The number of benzene rings is 3. The van der Waals surface area contributed by atoms with Crippen LogP contribution in [0.25, 0.3) is 21.9 Å². The lowest BCUT2D eigenvalue weighted by atomic mass is 10.1. The van der Waals surface area contributed by atoms with E-state index < -0.39 is 24.6 Å². The van der Waals surface area contributed by atoms with Gasteiger partial charge in [0, 0.05) is 16.8 Å². The Hall–Kier alpha value is -4.20. The number of nitrogens with one attached hydrogen (secondary N) is 1. The van der Waals surface area contributed by atoms with Gasteiger partial charge in [-0.15, -0.1) is 0 Å². The highest BCUT2D eigenvalue weighted by Gasteiger charge is 2.29. The molecule has 1 aliphatic heterocycles. The number of ether oxygens (including phenoxy) is 4. The molecule has 1 aliphatic rings. The zero-order valence-corrected chi connectivity index (χ0v) is 17.1. The van der Waals surface area contributed by atoms with Crippen LogP contribution in [-0.4, -0.2) is 38.3 Å². The minimum Gasteiger partial charge on any atom is -0.495 e. The second kappa shape index (κ2) is 8.14. The van der Waals surface area contributed by atoms with Crippen molar-refractivity contribution in [1.82, 2.24) is 0 Å². The molecule has 0 saturated carbocycles. The number of anilines is 1. The highest BCUT2D eigenvalue weighted by Crippen LogP contribution is 2.36. The van der Waals surface area contributed by atoms with Gasteiger partial charge in [0.15, 0.2) is 18.1 Å². The number of carbonyl (C=O) groups excluding carboxylic acids is 2. The molecule has 5 rings (SSSR count). The maximum atomic E-state index is 12.4. The van der Waals surface area contributed by atoms with Gasteiger partial charge in [0.1, 0.15) is 23.5 Å². The third-order valence-electron chi connectivity index (χ3n) is 5.09. The molecule has 1 aromatic heterocycles. The quantitative estimate of drug-likeness (QED) is 0.477. The van der Waals surface area contributed by atoms with Gasteiger partial charge in [0.2, 0.25) is 6.10 Å². The van der Waals surface area contributed by atoms with Crippen LogP contribution in [0.2, 0.25) is 0 Å². The maximum Gasteiger partial charge on any atom is 0.351 e. The van der Waals surface area contributed by atoms with Gasteiger partial charge in [0.25, 0.3) is 5.91 Å². The molecular formula is C24H19NO7. The van der Waals surface area contributed by atoms with E-state index in [1.54, 1.807) is 30.3 Å². The topological polar surface area (TPSA) is 96.2 Å². The predicted octanol–water partition coefficient (Wildman–Crippen LogP) is 3.92. The molecule has 162 valence electrons. The molecule has 8 nitrogen and oxygen atoms in total. The van der Waals surface area contributed by atoms with Crippen molar-refractivity contribution >= 4 is 39.5 Å². The van der Waals surface area contributed by atoms with Crippen molar-refractivity contribution in [2.75, 3.05) is 25.6 Å². The van der Waals surface area contributed by atoms with Gasteiger partial charge < -0.3 is 28.7 Å². The molecule has 0 aliphatic carbocycles. The van der Waals surface area contributed by atoms with Gasteiger partial charge >= 0.3 is 5.97 Å². The lowest BCUT2D eigenvalue weighted by molar-refractivity contribution is -0.156.